The Morgan fingerprint density at radius 2 is 2.04 bits per heavy atom. The lowest BCUT2D eigenvalue weighted by atomic mass is 10.2. The van der Waals surface area contributed by atoms with Gasteiger partial charge in [-0.2, -0.15) is 5.26 Å². The second-order valence-corrected chi connectivity index (χ2v) is 5.30. The summed E-state index contributed by atoms with van der Waals surface area (Å²) in [7, 11) is 0. The fourth-order valence-electron chi connectivity index (χ4n) is 2.19. The molecular weight excluding hydrogens is 312 g/mol. The maximum atomic E-state index is 12.2. The number of halogens is 1. The van der Waals surface area contributed by atoms with Gasteiger partial charge in [0.2, 0.25) is 0 Å². The number of furan rings is 1. The van der Waals surface area contributed by atoms with Gasteiger partial charge >= 0.3 is 0 Å². The van der Waals surface area contributed by atoms with Crippen molar-refractivity contribution in [3.05, 3.63) is 52.8 Å². The van der Waals surface area contributed by atoms with Crippen molar-refractivity contribution in [2.75, 3.05) is 13.1 Å². The summed E-state index contributed by atoms with van der Waals surface area (Å²) in [6.07, 6.45) is 1.47. The number of carbonyl (C=O) groups excluding carboxylic acids is 1. The fraction of sp³-hybridized carbons (Fsp3) is 0.222. The Bertz CT molecular complexity index is 767. The van der Waals surface area contributed by atoms with E-state index >= 15 is 0 Å². The molecule has 4 nitrogen and oxygen atoms in total. The van der Waals surface area contributed by atoms with Crippen molar-refractivity contribution in [2.45, 2.75) is 13.8 Å². The van der Waals surface area contributed by atoms with Gasteiger partial charge in [0.1, 0.15) is 23.2 Å². The lowest BCUT2D eigenvalue weighted by Gasteiger charge is -2.17. The van der Waals surface area contributed by atoms with Gasteiger partial charge in [0.25, 0.3) is 5.91 Å². The average molecular weight is 329 g/mol. The van der Waals surface area contributed by atoms with E-state index in [0.717, 1.165) is 5.56 Å². The number of hydrogen-bond donors (Lipinski definition) is 0. The zero-order valence-electron chi connectivity index (χ0n) is 13.0. The Kier molecular flexibility index (Phi) is 5.61. The molecule has 0 unspecified atom stereocenters. The predicted octanol–water partition coefficient (Wildman–Crippen LogP) is 4.38. The van der Waals surface area contributed by atoms with E-state index < -0.39 is 0 Å². The third-order valence-corrected chi connectivity index (χ3v) is 3.66. The number of rotatable bonds is 5. The highest BCUT2D eigenvalue weighted by molar-refractivity contribution is 6.30. The van der Waals surface area contributed by atoms with Crippen molar-refractivity contribution < 1.29 is 9.21 Å². The minimum Gasteiger partial charge on any atom is -0.457 e. The first-order chi connectivity index (χ1) is 11.1. The van der Waals surface area contributed by atoms with Crippen LogP contribution in [-0.2, 0) is 4.79 Å². The van der Waals surface area contributed by atoms with Crippen molar-refractivity contribution in [3.8, 4) is 17.4 Å². The fourth-order valence-corrected chi connectivity index (χ4v) is 2.38. The van der Waals surface area contributed by atoms with Crippen LogP contribution in [0.2, 0.25) is 5.02 Å². The average Bonchev–Trinajstić information content (AvgIpc) is 3.02. The van der Waals surface area contributed by atoms with Crippen molar-refractivity contribution in [2.24, 2.45) is 0 Å². The largest absolute Gasteiger partial charge is 0.457 e. The SMILES string of the molecule is CCN(CC)C(=O)/C(C#N)=C/c1ccc(-c2cccc(Cl)c2)o1. The molecule has 0 radical (unpaired) electrons. The molecule has 1 amide bonds. The van der Waals surface area contributed by atoms with Gasteiger partial charge in [-0.25, -0.2) is 0 Å². The van der Waals surface area contributed by atoms with Gasteiger partial charge in [-0.05, 0) is 38.1 Å². The van der Waals surface area contributed by atoms with E-state index in [1.807, 2.05) is 32.0 Å². The Labute approximate surface area is 140 Å². The van der Waals surface area contributed by atoms with E-state index in [1.54, 1.807) is 29.2 Å². The zero-order valence-corrected chi connectivity index (χ0v) is 13.8. The van der Waals surface area contributed by atoms with Crippen LogP contribution >= 0.6 is 11.6 Å². The number of benzene rings is 1. The quantitative estimate of drug-likeness (QED) is 0.604. The van der Waals surface area contributed by atoms with Crippen molar-refractivity contribution in [1.29, 1.82) is 5.26 Å². The van der Waals surface area contributed by atoms with E-state index in [-0.39, 0.29) is 11.5 Å². The number of likely N-dealkylation sites (N-methyl/N-ethyl adjacent to an activating group) is 1. The van der Waals surface area contributed by atoms with Crippen LogP contribution in [0, 0.1) is 11.3 Å². The molecule has 2 aromatic rings. The van der Waals surface area contributed by atoms with Crippen LogP contribution in [0.5, 0.6) is 0 Å². The summed E-state index contributed by atoms with van der Waals surface area (Å²) in [4.78, 5) is 13.8. The van der Waals surface area contributed by atoms with E-state index in [1.165, 1.54) is 6.08 Å². The normalized spacial score (nSPS) is 11.1. The second-order valence-electron chi connectivity index (χ2n) is 4.86. The first-order valence-corrected chi connectivity index (χ1v) is 7.73. The predicted molar refractivity (Wildman–Crippen MR) is 90.7 cm³/mol. The van der Waals surface area contributed by atoms with Gasteiger partial charge in [0.15, 0.2) is 0 Å². The molecule has 0 atom stereocenters. The number of hydrogen-bond acceptors (Lipinski definition) is 3. The van der Waals surface area contributed by atoms with Crippen LogP contribution in [0.3, 0.4) is 0 Å². The van der Waals surface area contributed by atoms with Gasteiger partial charge in [0, 0.05) is 29.8 Å². The van der Waals surface area contributed by atoms with Gasteiger partial charge in [-0.1, -0.05) is 23.7 Å². The van der Waals surface area contributed by atoms with Gasteiger partial charge in [-0.15, -0.1) is 0 Å². The number of amides is 1. The van der Waals surface area contributed by atoms with Crippen molar-refractivity contribution in [1.82, 2.24) is 4.90 Å². The highest BCUT2D eigenvalue weighted by Gasteiger charge is 2.16. The topological polar surface area (TPSA) is 57.2 Å². The molecule has 23 heavy (non-hydrogen) atoms. The third kappa shape index (κ3) is 4.02. The Morgan fingerprint density at radius 3 is 2.65 bits per heavy atom. The molecule has 0 aliphatic heterocycles. The zero-order chi connectivity index (χ0) is 16.8. The minimum absolute atomic E-state index is 0.0562. The maximum absolute atomic E-state index is 12.2. The van der Waals surface area contributed by atoms with Crippen LogP contribution in [0.15, 0.2) is 46.4 Å². The van der Waals surface area contributed by atoms with Gasteiger partial charge < -0.3 is 9.32 Å². The van der Waals surface area contributed by atoms with E-state index in [4.69, 9.17) is 16.0 Å². The standard InChI is InChI=1S/C18H17ClN2O2/c1-3-21(4-2)18(22)14(12-20)11-16-8-9-17(23-16)13-6-5-7-15(19)10-13/h5-11H,3-4H2,1-2H3/b14-11+. The molecule has 0 spiro atoms. The van der Waals surface area contributed by atoms with Gasteiger partial charge in [-0.3, -0.25) is 4.79 Å². The third-order valence-electron chi connectivity index (χ3n) is 3.42. The van der Waals surface area contributed by atoms with Crippen molar-refractivity contribution in [3.63, 3.8) is 0 Å². The lowest BCUT2D eigenvalue weighted by Crippen LogP contribution is -2.31. The Hall–Kier alpha value is -2.51. The van der Waals surface area contributed by atoms with E-state index in [0.29, 0.717) is 29.6 Å². The monoisotopic (exact) mass is 328 g/mol. The first-order valence-electron chi connectivity index (χ1n) is 7.35. The van der Waals surface area contributed by atoms with Crippen LogP contribution < -0.4 is 0 Å². The summed E-state index contributed by atoms with van der Waals surface area (Å²) in [5.74, 6) is 0.793. The molecule has 118 valence electrons. The summed E-state index contributed by atoms with van der Waals surface area (Å²) in [5, 5.41) is 9.85. The van der Waals surface area contributed by atoms with Crippen LogP contribution in [0.1, 0.15) is 19.6 Å². The molecule has 1 aromatic carbocycles. The molecule has 0 bridgehead atoms. The van der Waals surface area contributed by atoms with Crippen LogP contribution in [0.4, 0.5) is 0 Å². The molecule has 0 fully saturated rings. The number of carbonyl (C=O) groups is 1. The molecule has 0 saturated carbocycles. The molecule has 0 aliphatic rings. The second kappa shape index (κ2) is 7.66. The number of nitrogens with zero attached hydrogens (tertiary/aromatic N) is 2. The highest BCUT2D eigenvalue weighted by atomic mass is 35.5. The Morgan fingerprint density at radius 1 is 1.30 bits per heavy atom. The summed E-state index contributed by atoms with van der Waals surface area (Å²) >= 11 is 5.97. The molecule has 0 N–H and O–H groups in total. The Balaban J connectivity index is 2.29. The summed E-state index contributed by atoms with van der Waals surface area (Å²) in [6, 6.07) is 12.7. The van der Waals surface area contributed by atoms with Crippen LogP contribution in [0.25, 0.3) is 17.4 Å². The van der Waals surface area contributed by atoms with Gasteiger partial charge in [0.05, 0.1) is 0 Å². The number of nitriles is 1. The molecule has 0 aliphatic carbocycles. The lowest BCUT2D eigenvalue weighted by molar-refractivity contribution is -0.126. The van der Waals surface area contributed by atoms with E-state index in [2.05, 4.69) is 0 Å². The summed E-state index contributed by atoms with van der Waals surface area (Å²) in [5.41, 5.74) is 0.895. The minimum atomic E-state index is -0.293. The maximum Gasteiger partial charge on any atom is 0.264 e. The smallest absolute Gasteiger partial charge is 0.264 e. The highest BCUT2D eigenvalue weighted by Crippen LogP contribution is 2.25. The summed E-state index contributed by atoms with van der Waals surface area (Å²) < 4.78 is 5.70. The molecule has 2 rings (SSSR count). The molecule has 5 heteroatoms. The van der Waals surface area contributed by atoms with Crippen molar-refractivity contribution >= 4 is 23.6 Å². The molecule has 0 saturated heterocycles. The molecule has 1 heterocycles. The van der Waals surface area contributed by atoms with E-state index in [9.17, 15) is 10.1 Å². The molecular formula is C18H17ClN2O2. The summed E-state index contributed by atoms with van der Waals surface area (Å²) in [6.45, 7) is 4.86. The van der Waals surface area contributed by atoms with Crippen LogP contribution in [-0.4, -0.2) is 23.9 Å². The first kappa shape index (κ1) is 16.9. The molecule has 1 aromatic heterocycles.